The van der Waals surface area contributed by atoms with Crippen molar-refractivity contribution in [1.29, 1.82) is 0 Å². The van der Waals surface area contributed by atoms with Crippen LogP contribution in [0.5, 0.6) is 5.75 Å². The van der Waals surface area contributed by atoms with Gasteiger partial charge in [-0.15, -0.1) is 0 Å². The van der Waals surface area contributed by atoms with Crippen molar-refractivity contribution < 1.29 is 5.11 Å². The lowest BCUT2D eigenvalue weighted by molar-refractivity contribution is 0.475. The molecule has 0 fully saturated rings. The molecule has 2 aromatic carbocycles. The molecule has 0 unspecified atom stereocenters. The first-order chi connectivity index (χ1) is 10.1. The Morgan fingerprint density at radius 1 is 0.857 bits per heavy atom. The maximum atomic E-state index is 9.38. The molecule has 0 saturated carbocycles. The van der Waals surface area contributed by atoms with Gasteiger partial charge >= 0.3 is 0 Å². The fourth-order valence-corrected chi connectivity index (χ4v) is 2.54. The molecule has 0 radical (unpaired) electrons. The SMILES string of the molecule is Cc1nc(-c2ccc(O)cc2)cc(-c2cccc(Br)c2)n1. The molecular formula is C17H13BrN2O. The first kappa shape index (κ1) is 13.8. The second-order valence-corrected chi connectivity index (χ2v) is 5.66. The first-order valence-electron chi connectivity index (χ1n) is 6.53. The minimum Gasteiger partial charge on any atom is -0.508 e. The highest BCUT2D eigenvalue weighted by atomic mass is 79.9. The van der Waals surface area contributed by atoms with Crippen molar-refractivity contribution in [3.05, 3.63) is 64.9 Å². The quantitative estimate of drug-likeness (QED) is 0.742. The minimum absolute atomic E-state index is 0.247. The Labute approximate surface area is 131 Å². The lowest BCUT2D eigenvalue weighted by Gasteiger charge is -2.07. The van der Waals surface area contributed by atoms with Crippen LogP contribution < -0.4 is 0 Å². The third-order valence-corrected chi connectivity index (χ3v) is 3.61. The van der Waals surface area contributed by atoms with Gasteiger partial charge in [-0.25, -0.2) is 9.97 Å². The smallest absolute Gasteiger partial charge is 0.126 e. The molecule has 3 nitrogen and oxygen atoms in total. The number of aromatic nitrogens is 2. The molecule has 3 rings (SSSR count). The van der Waals surface area contributed by atoms with E-state index < -0.39 is 0 Å². The number of aromatic hydroxyl groups is 1. The predicted molar refractivity (Wildman–Crippen MR) is 87.0 cm³/mol. The maximum absolute atomic E-state index is 9.38. The maximum Gasteiger partial charge on any atom is 0.126 e. The molecule has 4 heteroatoms. The van der Waals surface area contributed by atoms with Crippen LogP contribution in [0.4, 0.5) is 0 Å². The van der Waals surface area contributed by atoms with Crippen LogP contribution in [0.25, 0.3) is 22.5 Å². The number of halogens is 1. The van der Waals surface area contributed by atoms with Crippen molar-refractivity contribution in [3.63, 3.8) is 0 Å². The van der Waals surface area contributed by atoms with Crippen LogP contribution in [0.1, 0.15) is 5.82 Å². The normalized spacial score (nSPS) is 10.6. The van der Waals surface area contributed by atoms with Crippen LogP contribution in [0.2, 0.25) is 0 Å². The number of rotatable bonds is 2. The van der Waals surface area contributed by atoms with Gasteiger partial charge in [-0.2, -0.15) is 0 Å². The molecule has 0 bridgehead atoms. The summed E-state index contributed by atoms with van der Waals surface area (Å²) in [5.41, 5.74) is 3.72. The second-order valence-electron chi connectivity index (χ2n) is 4.74. The van der Waals surface area contributed by atoms with Crippen LogP contribution in [0, 0.1) is 6.92 Å². The van der Waals surface area contributed by atoms with Crippen molar-refractivity contribution in [2.24, 2.45) is 0 Å². The van der Waals surface area contributed by atoms with Gasteiger partial charge in [0.1, 0.15) is 11.6 Å². The molecule has 0 amide bonds. The highest BCUT2D eigenvalue weighted by molar-refractivity contribution is 9.10. The van der Waals surface area contributed by atoms with Gasteiger partial charge in [0.15, 0.2) is 0 Å². The predicted octanol–water partition coefficient (Wildman–Crippen LogP) is 4.59. The van der Waals surface area contributed by atoms with E-state index in [9.17, 15) is 5.11 Å². The summed E-state index contributed by atoms with van der Waals surface area (Å²) in [6.45, 7) is 1.88. The van der Waals surface area contributed by atoms with Crippen LogP contribution in [0.3, 0.4) is 0 Å². The topological polar surface area (TPSA) is 46.0 Å². The van der Waals surface area contributed by atoms with E-state index >= 15 is 0 Å². The van der Waals surface area contributed by atoms with Gasteiger partial charge in [0.25, 0.3) is 0 Å². The van der Waals surface area contributed by atoms with Crippen molar-refractivity contribution >= 4 is 15.9 Å². The molecule has 1 heterocycles. The fraction of sp³-hybridized carbons (Fsp3) is 0.0588. The summed E-state index contributed by atoms with van der Waals surface area (Å²) in [5.74, 6) is 0.965. The fourth-order valence-electron chi connectivity index (χ4n) is 2.14. The van der Waals surface area contributed by atoms with Gasteiger partial charge in [-0.3, -0.25) is 0 Å². The highest BCUT2D eigenvalue weighted by Gasteiger charge is 2.07. The molecule has 0 atom stereocenters. The van der Waals surface area contributed by atoms with Crippen molar-refractivity contribution in [1.82, 2.24) is 9.97 Å². The Morgan fingerprint density at radius 3 is 2.19 bits per heavy atom. The molecule has 0 aliphatic carbocycles. The molecule has 0 spiro atoms. The zero-order chi connectivity index (χ0) is 14.8. The third kappa shape index (κ3) is 3.11. The van der Waals surface area contributed by atoms with Crippen LogP contribution in [-0.2, 0) is 0 Å². The molecule has 0 aliphatic rings. The van der Waals surface area contributed by atoms with Gasteiger partial charge in [-0.1, -0.05) is 28.1 Å². The highest BCUT2D eigenvalue weighted by Crippen LogP contribution is 2.26. The third-order valence-electron chi connectivity index (χ3n) is 3.12. The number of nitrogens with zero attached hydrogens (tertiary/aromatic N) is 2. The van der Waals surface area contributed by atoms with E-state index in [-0.39, 0.29) is 5.75 Å². The number of phenolic OH excluding ortho intramolecular Hbond substituents is 1. The Balaban J connectivity index is 2.10. The van der Waals surface area contributed by atoms with Crippen molar-refractivity contribution in [3.8, 4) is 28.3 Å². The van der Waals surface area contributed by atoms with Crippen molar-refractivity contribution in [2.45, 2.75) is 6.92 Å². The second kappa shape index (κ2) is 5.66. The molecule has 1 aromatic heterocycles. The Hall–Kier alpha value is -2.20. The Morgan fingerprint density at radius 2 is 1.52 bits per heavy atom. The molecule has 104 valence electrons. The monoisotopic (exact) mass is 340 g/mol. The van der Waals surface area contributed by atoms with Gasteiger partial charge in [0.2, 0.25) is 0 Å². The zero-order valence-corrected chi connectivity index (χ0v) is 13.0. The van der Waals surface area contributed by atoms with E-state index in [1.807, 2.05) is 49.4 Å². The van der Waals surface area contributed by atoms with Gasteiger partial charge < -0.3 is 5.11 Å². The van der Waals surface area contributed by atoms with Gasteiger partial charge in [-0.05, 0) is 49.4 Å². The summed E-state index contributed by atoms with van der Waals surface area (Å²) in [6, 6.07) is 17.0. The molecule has 0 saturated heterocycles. The number of phenols is 1. The van der Waals surface area contributed by atoms with E-state index in [2.05, 4.69) is 25.9 Å². The van der Waals surface area contributed by atoms with E-state index in [1.54, 1.807) is 12.1 Å². The minimum atomic E-state index is 0.247. The lowest BCUT2D eigenvalue weighted by Crippen LogP contribution is -1.94. The van der Waals surface area contributed by atoms with E-state index in [4.69, 9.17) is 0 Å². The number of benzene rings is 2. The summed E-state index contributed by atoms with van der Waals surface area (Å²) < 4.78 is 1.02. The molecular weight excluding hydrogens is 328 g/mol. The summed E-state index contributed by atoms with van der Waals surface area (Å²) in [7, 11) is 0. The Bertz CT molecular complexity index is 785. The molecule has 3 aromatic rings. The first-order valence-corrected chi connectivity index (χ1v) is 7.32. The summed E-state index contributed by atoms with van der Waals surface area (Å²) in [5, 5.41) is 9.38. The average Bonchev–Trinajstić information content (AvgIpc) is 2.47. The number of hydrogen-bond acceptors (Lipinski definition) is 3. The summed E-state index contributed by atoms with van der Waals surface area (Å²) >= 11 is 3.48. The average molecular weight is 341 g/mol. The summed E-state index contributed by atoms with van der Waals surface area (Å²) in [6.07, 6.45) is 0. The van der Waals surface area contributed by atoms with Gasteiger partial charge in [0.05, 0.1) is 11.4 Å². The van der Waals surface area contributed by atoms with E-state index in [0.717, 1.165) is 32.8 Å². The Kier molecular flexibility index (Phi) is 3.71. The van der Waals surface area contributed by atoms with Crippen LogP contribution in [0.15, 0.2) is 59.1 Å². The zero-order valence-electron chi connectivity index (χ0n) is 11.4. The number of hydrogen-bond donors (Lipinski definition) is 1. The standard InChI is InChI=1S/C17H13BrN2O/c1-11-19-16(12-5-7-15(21)8-6-12)10-17(20-11)13-3-2-4-14(18)9-13/h2-10,21H,1H3. The molecule has 21 heavy (non-hydrogen) atoms. The van der Waals surface area contributed by atoms with Crippen molar-refractivity contribution in [2.75, 3.05) is 0 Å². The lowest BCUT2D eigenvalue weighted by atomic mass is 10.1. The van der Waals surface area contributed by atoms with Gasteiger partial charge in [0, 0.05) is 15.6 Å². The molecule has 1 N–H and O–H groups in total. The summed E-state index contributed by atoms with van der Waals surface area (Å²) in [4.78, 5) is 8.98. The number of aryl methyl sites for hydroxylation is 1. The van der Waals surface area contributed by atoms with Crippen LogP contribution in [-0.4, -0.2) is 15.1 Å². The van der Waals surface area contributed by atoms with E-state index in [0.29, 0.717) is 0 Å². The largest absolute Gasteiger partial charge is 0.508 e. The van der Waals surface area contributed by atoms with E-state index in [1.165, 1.54) is 0 Å². The van der Waals surface area contributed by atoms with Crippen LogP contribution >= 0.6 is 15.9 Å². The molecule has 0 aliphatic heterocycles.